The van der Waals surface area contributed by atoms with Crippen molar-refractivity contribution in [2.24, 2.45) is 0 Å². The lowest BCUT2D eigenvalue weighted by Crippen LogP contribution is -2.29. The number of hydrogen-bond acceptors (Lipinski definition) is 9. The molecule has 0 aliphatic carbocycles. The monoisotopic (exact) mass is 1910 g/mol. The zero-order valence-electron chi connectivity index (χ0n) is 64.4. The van der Waals surface area contributed by atoms with Crippen LogP contribution in [0.5, 0.6) is 17.2 Å². The summed E-state index contributed by atoms with van der Waals surface area (Å²) in [6.45, 7) is 17.2. The van der Waals surface area contributed by atoms with Gasteiger partial charge in [-0.1, -0.05) is 220 Å². The SMILES string of the molecule is C=CC1=CCC(c2ccc(-c3cc(F)c(Cc4cc(F)c(F)c(F)c4)c(F)c3)cc2)OC1.C=CC1=CCC(c2ccc(-c3ccc(OC(F)(F)F)cc3)cc2)OC1.C=CC1=CCC(c2ccc(B(O)O)cc2)OC1.C=CC1=CCC(c2ccc(Br)cc2)OC1.FC(F)(F)Oc1ccc(Br)cc1.Fc1cc(OC(F)(F)c2c(F)cc(Br)cc2F)cc(F)c1F. The minimum Gasteiger partial charge on any atom is -0.429 e. The van der Waals surface area contributed by atoms with E-state index in [-0.39, 0.29) is 63.6 Å². The Bertz CT molecular complexity index is 5330. The summed E-state index contributed by atoms with van der Waals surface area (Å²) >= 11 is 9.21. The average molecular weight is 1910 g/mol. The maximum atomic E-state index is 14.7. The van der Waals surface area contributed by atoms with Gasteiger partial charge in [0.2, 0.25) is 0 Å². The zero-order chi connectivity index (χ0) is 89.5. The summed E-state index contributed by atoms with van der Waals surface area (Å²) in [6.07, 6.45) is 4.86. The molecule has 4 aliphatic heterocycles. The van der Waals surface area contributed by atoms with Crippen molar-refractivity contribution >= 4 is 60.4 Å². The second-order valence-corrected chi connectivity index (χ2v) is 29.8. The first-order chi connectivity index (χ1) is 58.4. The standard InChI is InChI=1S/C26H19F5O.C20H17F3O2.C13H15BO3.C13H4BrF7O.C13H13BrO.C7H4BrF3O/c1-2-15-3-8-25(32-14-15)18-6-4-17(5-7-18)19-12-21(27)20(22(28)13-19)9-16-10-23(29)26(31)24(30)11-16;1-2-14-3-12-19(24-13-14)17-6-4-15(5-7-17)16-8-10-18(11-9-16)25-20(21,22)23;1-2-10-3-8-13(17-9-10)11-4-6-12(7-5-11)14(15)16;14-5-1-7(15)11(8(16)2-5)13(20,21)22-6-3-9(17)12(19)10(18)4-6;1-2-10-3-8-13(15-9-10)11-4-6-12(14)7-5-11;8-5-1-3-6(4-2-5)12-7(9,10)11/h2-7,10-13,25H,1,8-9,14H2;2-11,19H,1,12-13H2;2-7,13,15-16H,1,8-9H2;1-4H;2-7,13H,1,8-9H2;1-4H. The highest BCUT2D eigenvalue weighted by Gasteiger charge is 2.42. The van der Waals surface area contributed by atoms with E-state index in [1.807, 2.05) is 66.7 Å². The van der Waals surface area contributed by atoms with Crippen molar-refractivity contribution < 1.29 is 122 Å². The van der Waals surface area contributed by atoms with Crippen molar-refractivity contribution in [3.8, 4) is 39.5 Å². The minimum absolute atomic E-state index is 0.0142. The molecule has 31 heteroatoms. The molecule has 123 heavy (non-hydrogen) atoms. The Morgan fingerprint density at radius 1 is 0.350 bits per heavy atom. The second kappa shape index (κ2) is 44.7. The summed E-state index contributed by atoms with van der Waals surface area (Å²) in [5.41, 5.74) is 9.72. The number of alkyl halides is 8. The van der Waals surface area contributed by atoms with Gasteiger partial charge in [-0.05, 0) is 188 Å². The molecule has 4 atom stereocenters. The van der Waals surface area contributed by atoms with Gasteiger partial charge in [0.1, 0.15) is 46.1 Å². The third-order valence-electron chi connectivity index (χ3n) is 18.5. The molecule has 0 aromatic heterocycles. The highest BCUT2D eigenvalue weighted by Crippen LogP contribution is 2.40. The molecule has 4 heterocycles. The Balaban J connectivity index is 0.000000172. The summed E-state index contributed by atoms with van der Waals surface area (Å²) < 4.78 is 270. The molecule has 0 bridgehead atoms. The smallest absolute Gasteiger partial charge is 0.429 e. The Kier molecular flexibility index (Phi) is 35.0. The van der Waals surface area contributed by atoms with Crippen molar-refractivity contribution in [2.75, 3.05) is 26.4 Å². The van der Waals surface area contributed by atoms with Crippen LogP contribution >= 0.6 is 47.8 Å². The Morgan fingerprint density at radius 2 is 0.650 bits per heavy atom. The number of benzene rings is 10. The van der Waals surface area contributed by atoms with Crippen molar-refractivity contribution in [2.45, 2.75) is 75.4 Å². The van der Waals surface area contributed by atoms with Gasteiger partial charge in [-0.25, -0.2) is 43.9 Å². The molecule has 0 saturated carbocycles. The molecule has 10 aromatic carbocycles. The normalized spacial score (nSPS) is 16.2. The Morgan fingerprint density at radius 3 is 0.967 bits per heavy atom. The lowest BCUT2D eigenvalue weighted by atomic mass is 9.80. The summed E-state index contributed by atoms with van der Waals surface area (Å²) in [5, 5.41) is 18.0. The van der Waals surface area contributed by atoms with Crippen LogP contribution < -0.4 is 19.7 Å². The van der Waals surface area contributed by atoms with Crippen molar-refractivity contribution in [3.63, 3.8) is 0 Å². The molecule has 14 rings (SSSR count). The Labute approximate surface area is 721 Å². The zero-order valence-corrected chi connectivity index (χ0v) is 69.1. The number of halogens is 21. The minimum atomic E-state index is -4.68. The summed E-state index contributed by atoms with van der Waals surface area (Å²) in [5.74, 6) is -16.5. The van der Waals surface area contributed by atoms with Crippen LogP contribution in [-0.2, 0) is 31.5 Å². The topological polar surface area (TPSA) is 105 Å². The maximum Gasteiger partial charge on any atom is 0.573 e. The first-order valence-corrected chi connectivity index (χ1v) is 39.3. The van der Waals surface area contributed by atoms with Gasteiger partial charge in [0.15, 0.2) is 34.9 Å². The molecule has 4 unspecified atom stereocenters. The number of hydrogen-bond donors (Lipinski definition) is 2. The third kappa shape index (κ3) is 29.1. The molecular weight excluding hydrogens is 1840 g/mol. The van der Waals surface area contributed by atoms with E-state index in [2.05, 4.69) is 125 Å². The van der Waals surface area contributed by atoms with Crippen LogP contribution in [0.4, 0.5) is 79.0 Å². The fraction of sp³-hybridized carbons (Fsp3) is 0.174. The molecule has 2 N–H and O–H groups in total. The average Bonchev–Trinajstić information content (AvgIpc) is 0.756. The summed E-state index contributed by atoms with van der Waals surface area (Å²) in [7, 11) is -1.41. The molecule has 4 aliphatic rings. The van der Waals surface area contributed by atoms with Crippen molar-refractivity contribution in [3.05, 3.63) is 402 Å². The molecule has 0 spiro atoms. The fourth-order valence-corrected chi connectivity index (χ4v) is 13.0. The van der Waals surface area contributed by atoms with E-state index in [1.165, 1.54) is 59.7 Å². The molecule has 644 valence electrons. The van der Waals surface area contributed by atoms with Crippen LogP contribution in [0.2, 0.25) is 0 Å². The van der Waals surface area contributed by atoms with E-state index in [1.54, 1.807) is 54.6 Å². The largest absolute Gasteiger partial charge is 0.573 e. The predicted octanol–water partition coefficient (Wildman–Crippen LogP) is 26.6. The predicted molar refractivity (Wildman–Crippen MR) is 442 cm³/mol. The van der Waals surface area contributed by atoms with Gasteiger partial charge >= 0.3 is 26.0 Å². The van der Waals surface area contributed by atoms with Crippen molar-refractivity contribution in [1.29, 1.82) is 0 Å². The number of ether oxygens (including phenoxy) is 7. The summed E-state index contributed by atoms with van der Waals surface area (Å²) in [4.78, 5) is 0. The van der Waals surface area contributed by atoms with E-state index in [0.29, 0.717) is 66.0 Å². The molecule has 0 saturated heterocycles. The maximum absolute atomic E-state index is 14.7. The van der Waals surface area contributed by atoms with Crippen LogP contribution in [0.15, 0.2) is 305 Å². The first kappa shape index (κ1) is 96.3. The lowest BCUT2D eigenvalue weighted by molar-refractivity contribution is -0.275. The van der Waals surface area contributed by atoms with E-state index >= 15 is 0 Å². The molecule has 0 amide bonds. The van der Waals surface area contributed by atoms with Gasteiger partial charge in [0.25, 0.3) is 0 Å². The van der Waals surface area contributed by atoms with E-state index < -0.39 is 102 Å². The van der Waals surface area contributed by atoms with Gasteiger partial charge in [-0.3, -0.25) is 0 Å². The first-order valence-electron chi connectivity index (χ1n) is 36.9. The molecule has 0 radical (unpaired) electrons. The van der Waals surface area contributed by atoms with Gasteiger partial charge in [0.05, 0.1) is 50.8 Å². The van der Waals surface area contributed by atoms with Crippen LogP contribution in [-0.4, -0.2) is 56.3 Å². The molecule has 10 aromatic rings. The molecule has 0 fully saturated rings. The van der Waals surface area contributed by atoms with Crippen LogP contribution in [0.1, 0.15) is 89.0 Å². The van der Waals surface area contributed by atoms with Gasteiger partial charge in [0, 0.05) is 37.5 Å². The third-order valence-corrected chi connectivity index (χ3v) is 20.0. The van der Waals surface area contributed by atoms with Gasteiger partial charge < -0.3 is 43.2 Å². The fourth-order valence-electron chi connectivity index (χ4n) is 12.1. The lowest BCUT2D eigenvalue weighted by Gasteiger charge is -2.22. The van der Waals surface area contributed by atoms with Crippen LogP contribution in [0.3, 0.4) is 0 Å². The Hall–Kier alpha value is -10.5. The van der Waals surface area contributed by atoms with Crippen LogP contribution in [0, 0.1) is 58.2 Å². The summed E-state index contributed by atoms with van der Waals surface area (Å²) in [6, 6.07) is 46.9. The van der Waals surface area contributed by atoms with Gasteiger partial charge in [-0.2, -0.15) is 8.78 Å². The highest BCUT2D eigenvalue weighted by atomic mass is 79.9. The highest BCUT2D eigenvalue weighted by molar-refractivity contribution is 9.11. The number of rotatable bonds is 18. The second-order valence-electron chi connectivity index (χ2n) is 27.0. The van der Waals surface area contributed by atoms with Gasteiger partial charge in [-0.15, -0.1) is 26.3 Å². The van der Waals surface area contributed by atoms with E-state index in [9.17, 15) is 79.0 Å². The quantitative estimate of drug-likeness (QED) is 0.0494. The van der Waals surface area contributed by atoms with Crippen molar-refractivity contribution in [1.82, 2.24) is 0 Å². The molecular formula is C92H72BBr3F18O9. The molecule has 9 nitrogen and oxygen atoms in total. The van der Waals surface area contributed by atoms with E-state index in [0.717, 1.165) is 80.4 Å². The van der Waals surface area contributed by atoms with E-state index in [4.69, 9.17) is 29.0 Å². The van der Waals surface area contributed by atoms with Crippen LogP contribution in [0.25, 0.3) is 22.3 Å².